The maximum atomic E-state index is 5.60. The molecule has 0 aliphatic heterocycles. The maximum Gasteiger partial charge on any atom is 0.0540 e. The SMILES string of the molecule is CC1(C)c2cc(Br)ccc2-c2ccc(N(c3cccc4ccccc34)c3cccc4ccccc34)cc21.CC1(C)c2cc(Nc3ccc(-c4ccccc4)cc3)ccc2-c2ccc(N(c3cccc4ccccc34)c3cccc4ccccc34)cc21.Nc1ccc(-c2ccccc2)cc1. The van der Waals surface area contributed by atoms with E-state index < -0.39 is 0 Å². The average molecular weight is 1340 g/mol. The molecule has 0 unspecified atom stereocenters. The Morgan fingerprint density at radius 3 is 0.980 bits per heavy atom. The molecule has 18 rings (SSSR count). The van der Waals surface area contributed by atoms with Gasteiger partial charge in [-0.1, -0.05) is 298 Å². The van der Waals surface area contributed by atoms with Crippen molar-refractivity contribution in [2.75, 3.05) is 20.9 Å². The second-order valence-electron chi connectivity index (χ2n) is 26.9. The molecule has 4 nitrogen and oxygen atoms in total. The number of nitrogens with two attached hydrogens (primary N) is 1. The second-order valence-corrected chi connectivity index (χ2v) is 27.8. The number of hydrogen-bond acceptors (Lipinski definition) is 4. The summed E-state index contributed by atoms with van der Waals surface area (Å²) in [5.74, 6) is 0. The number of nitrogen functional groups attached to an aromatic ring is 1. The predicted octanol–water partition coefficient (Wildman–Crippen LogP) is 26.6. The fourth-order valence-corrected chi connectivity index (χ4v) is 15.4. The molecule has 99 heavy (non-hydrogen) atoms. The molecule has 2 aliphatic rings. The van der Waals surface area contributed by atoms with Crippen LogP contribution in [-0.2, 0) is 10.8 Å². The Balaban J connectivity index is 0.000000134. The Labute approximate surface area is 588 Å². The van der Waals surface area contributed by atoms with Crippen molar-refractivity contribution in [2.45, 2.75) is 38.5 Å². The summed E-state index contributed by atoms with van der Waals surface area (Å²) in [4.78, 5) is 4.90. The zero-order chi connectivity index (χ0) is 67.2. The molecular formula is C94H73BrN4. The first-order chi connectivity index (χ1) is 48.4. The second kappa shape index (κ2) is 26.0. The van der Waals surface area contributed by atoms with E-state index in [4.69, 9.17) is 5.73 Å². The monoisotopic (exact) mass is 1340 g/mol. The van der Waals surface area contributed by atoms with Crippen LogP contribution in [0.15, 0.2) is 356 Å². The van der Waals surface area contributed by atoms with Crippen LogP contribution < -0.4 is 20.9 Å². The number of halogens is 1. The van der Waals surface area contributed by atoms with Crippen molar-refractivity contribution < 1.29 is 0 Å². The zero-order valence-corrected chi connectivity index (χ0v) is 57.4. The van der Waals surface area contributed by atoms with Gasteiger partial charge in [-0.3, -0.25) is 0 Å². The Hall–Kier alpha value is -11.8. The molecule has 0 saturated heterocycles. The molecule has 0 heterocycles. The lowest BCUT2D eigenvalue weighted by molar-refractivity contribution is 0.660. The minimum Gasteiger partial charge on any atom is -0.399 e. The van der Waals surface area contributed by atoms with E-state index in [2.05, 4.69) is 368 Å². The molecule has 0 radical (unpaired) electrons. The summed E-state index contributed by atoms with van der Waals surface area (Å²) in [6, 6.07) is 126. The number of hydrogen-bond donors (Lipinski definition) is 2. The number of anilines is 9. The van der Waals surface area contributed by atoms with E-state index in [-0.39, 0.29) is 10.8 Å². The van der Waals surface area contributed by atoms with Crippen molar-refractivity contribution in [1.29, 1.82) is 0 Å². The minimum absolute atomic E-state index is 0.0896. The highest BCUT2D eigenvalue weighted by molar-refractivity contribution is 9.10. The van der Waals surface area contributed by atoms with Gasteiger partial charge in [-0.05, 0) is 185 Å². The summed E-state index contributed by atoms with van der Waals surface area (Å²) in [5.41, 5.74) is 30.9. The molecule has 0 spiro atoms. The molecule has 0 fully saturated rings. The van der Waals surface area contributed by atoms with Crippen molar-refractivity contribution in [1.82, 2.24) is 0 Å². The fraction of sp³-hybridized carbons (Fsp3) is 0.0638. The Kier molecular flexibility index (Phi) is 16.3. The van der Waals surface area contributed by atoms with E-state index in [0.717, 1.165) is 27.2 Å². The van der Waals surface area contributed by atoms with Crippen molar-refractivity contribution in [3.8, 4) is 44.5 Å². The van der Waals surface area contributed by atoms with Crippen LogP contribution >= 0.6 is 15.9 Å². The third kappa shape index (κ3) is 11.7. The summed E-state index contributed by atoms with van der Waals surface area (Å²) in [6.45, 7) is 9.40. The third-order valence-corrected chi connectivity index (χ3v) is 20.6. The average Bonchev–Trinajstić information content (AvgIpc) is 1.52. The molecule has 2 aliphatic carbocycles. The number of benzene rings is 16. The molecule has 0 bridgehead atoms. The van der Waals surface area contributed by atoms with Gasteiger partial charge >= 0.3 is 0 Å². The minimum atomic E-state index is -0.182. The molecule has 476 valence electrons. The fourth-order valence-electron chi connectivity index (χ4n) is 15.1. The van der Waals surface area contributed by atoms with Gasteiger partial charge in [0.15, 0.2) is 0 Å². The van der Waals surface area contributed by atoms with E-state index in [0.29, 0.717) is 0 Å². The van der Waals surface area contributed by atoms with E-state index >= 15 is 0 Å². The van der Waals surface area contributed by atoms with E-state index in [9.17, 15) is 0 Å². The Morgan fingerprint density at radius 1 is 0.273 bits per heavy atom. The molecule has 0 amide bonds. The lowest BCUT2D eigenvalue weighted by atomic mass is 9.82. The number of nitrogens with zero attached hydrogens (tertiary/aromatic N) is 2. The van der Waals surface area contributed by atoms with Gasteiger partial charge in [-0.25, -0.2) is 0 Å². The first kappa shape index (κ1) is 62.1. The smallest absolute Gasteiger partial charge is 0.0540 e. The molecule has 16 aromatic rings. The highest BCUT2D eigenvalue weighted by Crippen LogP contribution is 2.54. The number of nitrogens with one attached hydrogen (secondary N) is 1. The zero-order valence-electron chi connectivity index (χ0n) is 55.8. The van der Waals surface area contributed by atoms with E-state index in [1.165, 1.54) is 138 Å². The van der Waals surface area contributed by atoms with Crippen LogP contribution in [0.3, 0.4) is 0 Å². The van der Waals surface area contributed by atoms with Crippen LogP contribution in [0, 0.1) is 0 Å². The first-order valence-corrected chi connectivity index (χ1v) is 34.8. The van der Waals surface area contributed by atoms with Crippen LogP contribution in [0.4, 0.5) is 51.2 Å². The number of rotatable bonds is 10. The lowest BCUT2D eigenvalue weighted by Gasteiger charge is -2.30. The molecular weight excluding hydrogens is 1260 g/mol. The largest absolute Gasteiger partial charge is 0.399 e. The third-order valence-electron chi connectivity index (χ3n) is 20.1. The van der Waals surface area contributed by atoms with Gasteiger partial charge in [0.05, 0.1) is 22.7 Å². The van der Waals surface area contributed by atoms with Crippen molar-refractivity contribution in [3.63, 3.8) is 0 Å². The maximum absolute atomic E-state index is 5.60. The molecule has 0 atom stereocenters. The lowest BCUT2D eigenvalue weighted by Crippen LogP contribution is -2.17. The standard InChI is InChI=1S/C47H36N2.C35H26BrN.C12H11N/c1-47(2)43-30-37(48-36-24-22-33(23-25-36)32-12-4-3-5-13-32)26-28-41(43)42-29-27-38(31-44(42)47)49(45-20-10-16-34-14-6-8-18-39(34)45)46-21-11-17-35-15-7-9-19-40(35)46;1-35(2)31-21-25(36)17-19-29(31)30-20-18-26(22-32(30)35)37(33-15-7-11-23-9-3-5-13-27(23)33)34-16-8-12-24-10-4-6-14-28(24)34;13-12-8-6-11(7-9-12)10-4-2-1-3-5-10/h3-31,48H,1-2H3;3-22H,1-2H3;1-9H,13H2. The normalized spacial score (nSPS) is 12.7. The highest BCUT2D eigenvalue weighted by Gasteiger charge is 2.38. The van der Waals surface area contributed by atoms with Gasteiger partial charge in [0, 0.05) is 65.3 Å². The van der Waals surface area contributed by atoms with Gasteiger partial charge in [-0.2, -0.15) is 0 Å². The Morgan fingerprint density at radius 2 is 0.576 bits per heavy atom. The van der Waals surface area contributed by atoms with Crippen LogP contribution in [0.2, 0.25) is 0 Å². The van der Waals surface area contributed by atoms with E-state index in [1.807, 2.05) is 42.5 Å². The summed E-state index contributed by atoms with van der Waals surface area (Å²) in [6.07, 6.45) is 0. The van der Waals surface area contributed by atoms with Crippen molar-refractivity contribution in [3.05, 3.63) is 379 Å². The molecule has 0 saturated carbocycles. The van der Waals surface area contributed by atoms with Gasteiger partial charge in [0.2, 0.25) is 0 Å². The summed E-state index contributed by atoms with van der Waals surface area (Å²) in [7, 11) is 0. The summed E-state index contributed by atoms with van der Waals surface area (Å²) in [5, 5.41) is 13.6. The van der Waals surface area contributed by atoms with Crippen molar-refractivity contribution in [2.24, 2.45) is 0 Å². The summed E-state index contributed by atoms with van der Waals surface area (Å²) >= 11 is 3.70. The van der Waals surface area contributed by atoms with Crippen LogP contribution in [0.25, 0.3) is 87.6 Å². The van der Waals surface area contributed by atoms with Gasteiger partial charge in [0.25, 0.3) is 0 Å². The van der Waals surface area contributed by atoms with Gasteiger partial charge < -0.3 is 20.9 Å². The van der Waals surface area contributed by atoms with Crippen LogP contribution in [-0.4, -0.2) is 0 Å². The Bertz CT molecular complexity index is 5500. The molecule has 5 heteroatoms. The van der Waals surface area contributed by atoms with Crippen LogP contribution in [0.5, 0.6) is 0 Å². The number of fused-ring (bicyclic) bond motifs is 10. The molecule has 3 N–H and O–H groups in total. The highest BCUT2D eigenvalue weighted by atomic mass is 79.9. The van der Waals surface area contributed by atoms with E-state index in [1.54, 1.807) is 0 Å². The predicted molar refractivity (Wildman–Crippen MR) is 427 cm³/mol. The van der Waals surface area contributed by atoms with Gasteiger partial charge in [0.1, 0.15) is 0 Å². The molecule has 0 aromatic heterocycles. The summed E-state index contributed by atoms with van der Waals surface area (Å²) < 4.78 is 1.13. The first-order valence-electron chi connectivity index (χ1n) is 34.0. The topological polar surface area (TPSA) is 44.5 Å². The molecule has 16 aromatic carbocycles. The van der Waals surface area contributed by atoms with Gasteiger partial charge in [-0.15, -0.1) is 0 Å². The van der Waals surface area contributed by atoms with Crippen LogP contribution in [0.1, 0.15) is 49.9 Å². The quantitative estimate of drug-likeness (QED) is 0.134. The van der Waals surface area contributed by atoms with Crippen molar-refractivity contribution >= 4 is 110 Å².